The summed E-state index contributed by atoms with van der Waals surface area (Å²) in [5, 5.41) is 9.41. The van der Waals surface area contributed by atoms with Crippen LogP contribution in [0, 0.1) is 17.8 Å². The molecule has 0 spiro atoms. The first-order valence-electron chi connectivity index (χ1n) is 9.05. The molecule has 0 aromatic heterocycles. The molecule has 1 aromatic rings. The zero-order valence-corrected chi connectivity index (χ0v) is 13.4. The Balaban J connectivity index is 1.50. The maximum atomic E-state index is 9.41. The Kier molecular flexibility index (Phi) is 4.87. The fraction of sp³-hybridized carbons (Fsp3) is 0.700. The van der Waals surface area contributed by atoms with Gasteiger partial charge in [-0.25, -0.2) is 0 Å². The number of phenols is 1. The highest BCUT2D eigenvalue weighted by atomic mass is 16.3. The van der Waals surface area contributed by atoms with Crippen LogP contribution in [0.3, 0.4) is 0 Å². The van der Waals surface area contributed by atoms with Crippen LogP contribution in [0.2, 0.25) is 0 Å². The zero-order valence-electron chi connectivity index (χ0n) is 13.4. The van der Waals surface area contributed by atoms with Crippen molar-refractivity contribution < 1.29 is 5.11 Å². The maximum absolute atomic E-state index is 9.41. The van der Waals surface area contributed by atoms with Gasteiger partial charge in [0.2, 0.25) is 0 Å². The van der Waals surface area contributed by atoms with Crippen LogP contribution in [-0.2, 0) is 0 Å². The summed E-state index contributed by atoms with van der Waals surface area (Å²) < 4.78 is 0. The van der Waals surface area contributed by atoms with Crippen molar-refractivity contribution in [3.05, 3.63) is 29.8 Å². The van der Waals surface area contributed by atoms with E-state index in [1.54, 1.807) is 0 Å². The minimum atomic E-state index is 0.389. The topological polar surface area (TPSA) is 20.2 Å². The van der Waals surface area contributed by atoms with Gasteiger partial charge in [0.05, 0.1) is 0 Å². The fourth-order valence-electron chi connectivity index (χ4n) is 4.74. The summed E-state index contributed by atoms with van der Waals surface area (Å²) in [5.41, 5.74) is 1.43. The van der Waals surface area contributed by atoms with E-state index in [4.69, 9.17) is 0 Å². The molecule has 1 aromatic carbocycles. The molecule has 1 N–H and O–H groups in total. The first-order chi connectivity index (χ1) is 10.3. The molecule has 0 aliphatic heterocycles. The van der Waals surface area contributed by atoms with E-state index >= 15 is 0 Å². The molecule has 2 aliphatic carbocycles. The van der Waals surface area contributed by atoms with E-state index in [1.807, 2.05) is 12.1 Å². The molecule has 0 bridgehead atoms. The molecule has 2 fully saturated rings. The van der Waals surface area contributed by atoms with Gasteiger partial charge in [0, 0.05) is 0 Å². The Hall–Kier alpha value is -0.980. The Morgan fingerprint density at radius 1 is 0.810 bits per heavy atom. The summed E-state index contributed by atoms with van der Waals surface area (Å²) in [6, 6.07) is 7.92. The summed E-state index contributed by atoms with van der Waals surface area (Å²) in [5.74, 6) is 4.16. The summed E-state index contributed by atoms with van der Waals surface area (Å²) in [7, 11) is 0. The SMILES string of the molecule is CC[C@H]1CC[C@H](C2CCC(c3ccc(O)cc3)CC2)CC1. The standard InChI is InChI=1S/C20H30O/c1-2-15-3-5-16(6-4-15)17-7-9-18(10-8-17)19-11-13-20(21)14-12-19/h11-18,21H,2-10H2,1H3/t15-,16-,17?,18?. The molecule has 2 aliphatic rings. The van der Waals surface area contributed by atoms with Gasteiger partial charge in [0.1, 0.15) is 5.75 Å². The molecule has 21 heavy (non-hydrogen) atoms. The number of phenolic OH excluding ortho intramolecular Hbond substituents is 1. The summed E-state index contributed by atoms with van der Waals surface area (Å²) in [6.45, 7) is 2.36. The van der Waals surface area contributed by atoms with E-state index in [0.717, 1.165) is 23.7 Å². The van der Waals surface area contributed by atoms with Crippen LogP contribution in [0.5, 0.6) is 5.75 Å². The lowest BCUT2D eigenvalue weighted by Crippen LogP contribution is -2.25. The quantitative estimate of drug-likeness (QED) is 0.735. The normalized spacial score (nSPS) is 33.8. The van der Waals surface area contributed by atoms with Gasteiger partial charge in [0.15, 0.2) is 0 Å². The minimum Gasteiger partial charge on any atom is -0.508 e. The van der Waals surface area contributed by atoms with Gasteiger partial charge in [-0.15, -0.1) is 0 Å². The van der Waals surface area contributed by atoms with E-state index in [2.05, 4.69) is 19.1 Å². The molecule has 0 atom stereocenters. The van der Waals surface area contributed by atoms with Gasteiger partial charge in [-0.2, -0.15) is 0 Å². The van der Waals surface area contributed by atoms with Gasteiger partial charge in [0.25, 0.3) is 0 Å². The summed E-state index contributed by atoms with van der Waals surface area (Å²) in [6.07, 6.45) is 12.9. The Bertz CT molecular complexity index is 420. The van der Waals surface area contributed by atoms with Crippen molar-refractivity contribution in [1.82, 2.24) is 0 Å². The monoisotopic (exact) mass is 286 g/mol. The molecule has 0 heterocycles. The zero-order chi connectivity index (χ0) is 14.7. The van der Waals surface area contributed by atoms with Crippen molar-refractivity contribution >= 4 is 0 Å². The van der Waals surface area contributed by atoms with Gasteiger partial charge in [-0.1, -0.05) is 38.3 Å². The van der Waals surface area contributed by atoms with Crippen molar-refractivity contribution in [3.63, 3.8) is 0 Å². The van der Waals surface area contributed by atoms with E-state index in [9.17, 15) is 5.11 Å². The fourth-order valence-corrected chi connectivity index (χ4v) is 4.74. The first kappa shape index (κ1) is 14.9. The molecular weight excluding hydrogens is 256 g/mol. The van der Waals surface area contributed by atoms with Gasteiger partial charge in [-0.3, -0.25) is 0 Å². The molecule has 116 valence electrons. The minimum absolute atomic E-state index is 0.389. The van der Waals surface area contributed by atoms with Crippen molar-refractivity contribution in [2.45, 2.75) is 70.6 Å². The van der Waals surface area contributed by atoms with Crippen LogP contribution in [0.4, 0.5) is 0 Å². The van der Waals surface area contributed by atoms with Crippen LogP contribution >= 0.6 is 0 Å². The lowest BCUT2D eigenvalue weighted by molar-refractivity contribution is 0.158. The van der Waals surface area contributed by atoms with Crippen molar-refractivity contribution in [2.24, 2.45) is 17.8 Å². The van der Waals surface area contributed by atoms with Crippen LogP contribution in [0.15, 0.2) is 24.3 Å². The molecular formula is C20H30O. The second kappa shape index (κ2) is 6.85. The number of aromatic hydroxyl groups is 1. The maximum Gasteiger partial charge on any atom is 0.115 e. The van der Waals surface area contributed by atoms with Gasteiger partial charge < -0.3 is 5.11 Å². The molecule has 0 amide bonds. The molecule has 1 nitrogen and oxygen atoms in total. The van der Waals surface area contributed by atoms with Crippen molar-refractivity contribution in [2.75, 3.05) is 0 Å². The average Bonchev–Trinajstić information content (AvgIpc) is 2.56. The Morgan fingerprint density at radius 2 is 1.33 bits per heavy atom. The second-order valence-electron chi connectivity index (χ2n) is 7.39. The summed E-state index contributed by atoms with van der Waals surface area (Å²) in [4.78, 5) is 0. The van der Waals surface area contributed by atoms with E-state index in [-0.39, 0.29) is 0 Å². The average molecular weight is 286 g/mol. The van der Waals surface area contributed by atoms with Gasteiger partial charge >= 0.3 is 0 Å². The smallest absolute Gasteiger partial charge is 0.115 e. The lowest BCUT2D eigenvalue weighted by atomic mass is 9.68. The number of hydrogen-bond acceptors (Lipinski definition) is 1. The molecule has 1 heteroatoms. The third-order valence-electron chi connectivity index (χ3n) is 6.27. The predicted octanol–water partition coefficient (Wildman–Crippen LogP) is 5.88. The van der Waals surface area contributed by atoms with Crippen LogP contribution in [0.25, 0.3) is 0 Å². The van der Waals surface area contributed by atoms with Gasteiger partial charge in [-0.05, 0) is 79.9 Å². The highest BCUT2D eigenvalue weighted by Gasteiger charge is 2.30. The first-order valence-corrected chi connectivity index (χ1v) is 9.05. The Morgan fingerprint density at radius 3 is 1.86 bits per heavy atom. The predicted molar refractivity (Wildman–Crippen MR) is 88.5 cm³/mol. The van der Waals surface area contributed by atoms with E-state index < -0.39 is 0 Å². The highest BCUT2D eigenvalue weighted by molar-refractivity contribution is 5.28. The van der Waals surface area contributed by atoms with E-state index in [1.165, 1.54) is 63.4 Å². The number of benzene rings is 1. The molecule has 2 saturated carbocycles. The van der Waals surface area contributed by atoms with Crippen LogP contribution < -0.4 is 0 Å². The summed E-state index contributed by atoms with van der Waals surface area (Å²) >= 11 is 0. The van der Waals surface area contributed by atoms with E-state index in [0.29, 0.717) is 5.75 Å². The molecule has 0 unspecified atom stereocenters. The second-order valence-corrected chi connectivity index (χ2v) is 7.39. The number of hydrogen-bond donors (Lipinski definition) is 1. The largest absolute Gasteiger partial charge is 0.508 e. The van der Waals surface area contributed by atoms with Crippen LogP contribution in [0.1, 0.15) is 76.2 Å². The van der Waals surface area contributed by atoms with Crippen molar-refractivity contribution in [1.29, 1.82) is 0 Å². The van der Waals surface area contributed by atoms with Crippen molar-refractivity contribution in [3.8, 4) is 5.75 Å². The molecule has 0 saturated heterocycles. The van der Waals surface area contributed by atoms with Crippen LogP contribution in [-0.4, -0.2) is 5.11 Å². The Labute approximate surface area is 129 Å². The number of rotatable bonds is 3. The lowest BCUT2D eigenvalue weighted by Gasteiger charge is -2.38. The third kappa shape index (κ3) is 3.62. The molecule has 3 rings (SSSR count). The highest BCUT2D eigenvalue weighted by Crippen LogP contribution is 2.44. The third-order valence-corrected chi connectivity index (χ3v) is 6.27. The molecule has 0 radical (unpaired) electrons.